The summed E-state index contributed by atoms with van der Waals surface area (Å²) in [5.74, 6) is -0.354. The zero-order valence-electron chi connectivity index (χ0n) is 13.6. The third-order valence-corrected chi connectivity index (χ3v) is 5.53. The molecule has 26 heavy (non-hydrogen) atoms. The number of carbonyl (C=O) groups excluding carboxylic acids is 1. The Labute approximate surface area is 163 Å². The molecule has 0 atom stereocenters. The molecule has 9 heteroatoms. The van der Waals surface area contributed by atoms with Gasteiger partial charge in [-0.15, -0.1) is 10.2 Å². The van der Waals surface area contributed by atoms with Crippen LogP contribution in [0.3, 0.4) is 0 Å². The number of hydrogen-bond acceptors (Lipinski definition) is 6. The zero-order chi connectivity index (χ0) is 18.5. The number of aromatic nitrogens is 2. The van der Waals surface area contributed by atoms with Crippen LogP contribution in [0, 0.1) is 12.7 Å². The summed E-state index contributed by atoms with van der Waals surface area (Å²) in [6.45, 7) is 1.89. The summed E-state index contributed by atoms with van der Waals surface area (Å²) in [7, 11) is 0. The summed E-state index contributed by atoms with van der Waals surface area (Å²) in [5, 5.41) is 14.7. The SMILES string of the molecule is Cc1ccc(Cl)cc1NC(=O)CSc1nnc(Nc2ccccc2F)s1. The van der Waals surface area contributed by atoms with Gasteiger partial charge in [0.2, 0.25) is 11.0 Å². The van der Waals surface area contributed by atoms with Crippen LogP contribution in [-0.4, -0.2) is 21.9 Å². The van der Waals surface area contributed by atoms with E-state index in [1.807, 2.05) is 13.0 Å². The smallest absolute Gasteiger partial charge is 0.234 e. The van der Waals surface area contributed by atoms with E-state index in [2.05, 4.69) is 20.8 Å². The number of benzene rings is 2. The van der Waals surface area contributed by atoms with Crippen LogP contribution in [0.4, 0.5) is 20.9 Å². The van der Waals surface area contributed by atoms with Gasteiger partial charge in [-0.05, 0) is 36.8 Å². The number of para-hydroxylation sites is 1. The summed E-state index contributed by atoms with van der Waals surface area (Å²) in [5.41, 5.74) is 1.94. The molecule has 134 valence electrons. The van der Waals surface area contributed by atoms with Crippen LogP contribution in [0.2, 0.25) is 5.02 Å². The number of aryl methyl sites for hydroxylation is 1. The molecule has 0 unspecified atom stereocenters. The van der Waals surface area contributed by atoms with Crippen molar-refractivity contribution in [3.05, 3.63) is 58.9 Å². The Balaban J connectivity index is 1.55. The van der Waals surface area contributed by atoms with Crippen molar-refractivity contribution in [3.8, 4) is 0 Å². The fourth-order valence-corrected chi connectivity index (χ4v) is 3.78. The first-order chi connectivity index (χ1) is 12.5. The first kappa shape index (κ1) is 18.6. The van der Waals surface area contributed by atoms with Gasteiger partial charge in [0.05, 0.1) is 11.4 Å². The minimum atomic E-state index is -0.367. The van der Waals surface area contributed by atoms with Crippen molar-refractivity contribution in [1.29, 1.82) is 0 Å². The van der Waals surface area contributed by atoms with Gasteiger partial charge >= 0.3 is 0 Å². The lowest BCUT2D eigenvalue weighted by atomic mass is 10.2. The molecule has 3 rings (SSSR count). The minimum Gasteiger partial charge on any atom is -0.328 e. The van der Waals surface area contributed by atoms with E-state index in [0.29, 0.717) is 25.9 Å². The normalized spacial score (nSPS) is 10.6. The molecule has 0 aliphatic carbocycles. The van der Waals surface area contributed by atoms with Gasteiger partial charge in [-0.2, -0.15) is 0 Å². The average Bonchev–Trinajstić information content (AvgIpc) is 3.06. The van der Waals surface area contributed by atoms with E-state index in [9.17, 15) is 9.18 Å². The van der Waals surface area contributed by atoms with Crippen LogP contribution >= 0.6 is 34.7 Å². The lowest BCUT2D eigenvalue weighted by Gasteiger charge is -2.08. The number of nitrogens with zero attached hydrogens (tertiary/aromatic N) is 2. The van der Waals surface area contributed by atoms with Crippen LogP contribution in [0.5, 0.6) is 0 Å². The highest BCUT2D eigenvalue weighted by Gasteiger charge is 2.11. The number of amides is 1. The summed E-state index contributed by atoms with van der Waals surface area (Å²) in [6, 6.07) is 11.6. The van der Waals surface area contributed by atoms with Gasteiger partial charge in [0, 0.05) is 10.7 Å². The molecule has 0 aliphatic heterocycles. The fraction of sp³-hybridized carbons (Fsp3) is 0.118. The van der Waals surface area contributed by atoms with Crippen LogP contribution < -0.4 is 10.6 Å². The van der Waals surface area contributed by atoms with Crippen molar-refractivity contribution < 1.29 is 9.18 Å². The summed E-state index contributed by atoms with van der Waals surface area (Å²) in [4.78, 5) is 12.1. The summed E-state index contributed by atoms with van der Waals surface area (Å²) >= 11 is 8.46. The molecular weight excluding hydrogens is 395 g/mol. The second kappa shape index (κ2) is 8.48. The lowest BCUT2D eigenvalue weighted by Crippen LogP contribution is -2.14. The van der Waals surface area contributed by atoms with Crippen molar-refractivity contribution in [1.82, 2.24) is 10.2 Å². The van der Waals surface area contributed by atoms with Crippen LogP contribution in [0.25, 0.3) is 0 Å². The molecule has 2 N–H and O–H groups in total. The molecular formula is C17H14ClFN4OS2. The molecule has 0 bridgehead atoms. The number of hydrogen-bond donors (Lipinski definition) is 2. The first-order valence-corrected chi connectivity index (χ1v) is 9.73. The Bertz CT molecular complexity index is 935. The van der Waals surface area contributed by atoms with Gasteiger partial charge in [0.1, 0.15) is 5.82 Å². The van der Waals surface area contributed by atoms with E-state index in [1.165, 1.54) is 29.2 Å². The van der Waals surface area contributed by atoms with E-state index in [0.717, 1.165) is 5.56 Å². The Kier molecular flexibility index (Phi) is 6.08. The van der Waals surface area contributed by atoms with Crippen LogP contribution in [-0.2, 0) is 4.79 Å². The molecule has 1 heterocycles. The predicted octanol–water partition coefficient (Wildman–Crippen LogP) is 5.11. The molecule has 1 aromatic heterocycles. The summed E-state index contributed by atoms with van der Waals surface area (Å²) < 4.78 is 14.2. The number of anilines is 3. The van der Waals surface area contributed by atoms with Gasteiger partial charge in [0.25, 0.3) is 0 Å². The number of rotatable bonds is 6. The Morgan fingerprint density at radius 2 is 2.04 bits per heavy atom. The number of nitrogens with one attached hydrogen (secondary N) is 2. The van der Waals surface area contributed by atoms with Crippen LogP contribution in [0.1, 0.15) is 5.56 Å². The Morgan fingerprint density at radius 3 is 2.85 bits per heavy atom. The molecule has 2 aromatic carbocycles. The zero-order valence-corrected chi connectivity index (χ0v) is 16.0. The van der Waals surface area contributed by atoms with E-state index in [4.69, 9.17) is 11.6 Å². The molecule has 0 spiro atoms. The van der Waals surface area contributed by atoms with E-state index < -0.39 is 0 Å². The highest BCUT2D eigenvalue weighted by Crippen LogP contribution is 2.28. The maximum atomic E-state index is 13.6. The number of thioether (sulfide) groups is 1. The van der Waals surface area contributed by atoms with E-state index >= 15 is 0 Å². The van der Waals surface area contributed by atoms with Gasteiger partial charge in [-0.1, -0.05) is 52.9 Å². The van der Waals surface area contributed by atoms with Crippen molar-refractivity contribution in [2.75, 3.05) is 16.4 Å². The van der Waals surface area contributed by atoms with Crippen molar-refractivity contribution in [2.24, 2.45) is 0 Å². The maximum Gasteiger partial charge on any atom is 0.234 e. The molecule has 0 fully saturated rings. The second-order valence-electron chi connectivity index (χ2n) is 5.27. The molecule has 5 nitrogen and oxygen atoms in total. The van der Waals surface area contributed by atoms with Gasteiger partial charge in [-0.25, -0.2) is 4.39 Å². The average molecular weight is 409 g/mol. The highest BCUT2D eigenvalue weighted by atomic mass is 35.5. The molecule has 0 radical (unpaired) electrons. The third kappa shape index (κ3) is 4.94. The molecule has 0 aliphatic rings. The van der Waals surface area contributed by atoms with Gasteiger partial charge in [-0.3, -0.25) is 4.79 Å². The molecule has 0 saturated heterocycles. The highest BCUT2D eigenvalue weighted by molar-refractivity contribution is 8.01. The van der Waals surface area contributed by atoms with Gasteiger partial charge in [0.15, 0.2) is 4.34 Å². The molecule has 3 aromatic rings. The summed E-state index contributed by atoms with van der Waals surface area (Å²) in [6.07, 6.45) is 0. The largest absolute Gasteiger partial charge is 0.328 e. The van der Waals surface area contributed by atoms with E-state index in [-0.39, 0.29) is 17.5 Å². The predicted molar refractivity (Wildman–Crippen MR) is 105 cm³/mol. The maximum absolute atomic E-state index is 13.6. The molecule has 0 saturated carbocycles. The van der Waals surface area contributed by atoms with Gasteiger partial charge < -0.3 is 10.6 Å². The second-order valence-corrected chi connectivity index (χ2v) is 7.91. The lowest BCUT2D eigenvalue weighted by molar-refractivity contribution is -0.113. The van der Waals surface area contributed by atoms with Crippen molar-refractivity contribution >= 4 is 57.1 Å². The van der Waals surface area contributed by atoms with Crippen molar-refractivity contribution in [3.63, 3.8) is 0 Å². The van der Waals surface area contributed by atoms with E-state index in [1.54, 1.807) is 30.3 Å². The Morgan fingerprint density at radius 1 is 1.23 bits per heavy atom. The number of carbonyl (C=O) groups is 1. The quantitative estimate of drug-likeness (QED) is 0.554. The third-order valence-electron chi connectivity index (χ3n) is 3.32. The molecule has 1 amide bonds. The minimum absolute atomic E-state index is 0.167. The fourth-order valence-electron chi connectivity index (χ4n) is 2.04. The van der Waals surface area contributed by atoms with Crippen molar-refractivity contribution in [2.45, 2.75) is 11.3 Å². The number of halogens is 2. The standard InChI is InChI=1S/C17H14ClFN4OS2/c1-10-6-7-11(18)8-14(10)20-15(24)9-25-17-23-22-16(26-17)21-13-5-3-2-4-12(13)19/h2-8H,9H2,1H3,(H,20,24)(H,21,22). The first-order valence-electron chi connectivity index (χ1n) is 7.55. The van der Waals surface area contributed by atoms with Crippen LogP contribution in [0.15, 0.2) is 46.8 Å². The Hall–Kier alpha value is -2.16. The topological polar surface area (TPSA) is 66.9 Å². The monoisotopic (exact) mass is 408 g/mol.